The molecule has 0 atom stereocenters. The van der Waals surface area contributed by atoms with Gasteiger partial charge in [0, 0.05) is 20.6 Å². The molecule has 2 aromatic carbocycles. The van der Waals surface area contributed by atoms with E-state index >= 15 is 0 Å². The molecule has 1 aromatic heterocycles. The molecule has 100 valence electrons. The van der Waals surface area contributed by atoms with Crippen LogP contribution in [-0.2, 0) is 5.75 Å². The summed E-state index contributed by atoms with van der Waals surface area (Å²) in [5.41, 5.74) is 2.27. The Bertz CT molecular complexity index is 743. The van der Waals surface area contributed by atoms with E-state index in [0.29, 0.717) is 0 Å². The Hall–Kier alpha value is -1.03. The van der Waals surface area contributed by atoms with Gasteiger partial charge < -0.3 is 0 Å². The number of rotatable bonds is 3. The summed E-state index contributed by atoms with van der Waals surface area (Å²) in [5, 5.41) is 2.96. The first-order valence-electron chi connectivity index (χ1n) is 6.14. The summed E-state index contributed by atoms with van der Waals surface area (Å²) in [6.45, 7) is 0. The lowest BCUT2D eigenvalue weighted by Crippen LogP contribution is -1.85. The standard InChI is InChI=1S/C16H11BrClNS/c17-13-4-7-15-12(9-13)3-8-16(19-15)20-10-11-1-5-14(18)6-2-11/h1-9H,10H2. The highest BCUT2D eigenvalue weighted by atomic mass is 79.9. The second-order valence-electron chi connectivity index (χ2n) is 4.40. The average Bonchev–Trinajstić information content (AvgIpc) is 2.46. The molecule has 20 heavy (non-hydrogen) atoms. The molecule has 0 spiro atoms. The van der Waals surface area contributed by atoms with Crippen molar-refractivity contribution in [1.82, 2.24) is 4.98 Å². The zero-order valence-corrected chi connectivity index (χ0v) is 13.7. The van der Waals surface area contributed by atoms with Gasteiger partial charge in [0.2, 0.25) is 0 Å². The Kier molecular flexibility index (Phi) is 4.29. The molecule has 0 bridgehead atoms. The summed E-state index contributed by atoms with van der Waals surface area (Å²) in [7, 11) is 0. The van der Waals surface area contributed by atoms with Crippen LogP contribution in [0.1, 0.15) is 5.56 Å². The van der Waals surface area contributed by atoms with Crippen LogP contribution in [-0.4, -0.2) is 4.98 Å². The molecule has 0 N–H and O–H groups in total. The van der Waals surface area contributed by atoms with Crippen molar-refractivity contribution in [2.24, 2.45) is 0 Å². The number of hydrogen-bond donors (Lipinski definition) is 0. The minimum atomic E-state index is 0.771. The molecule has 3 aromatic rings. The van der Waals surface area contributed by atoms with Crippen LogP contribution in [0.3, 0.4) is 0 Å². The number of aromatic nitrogens is 1. The summed E-state index contributed by atoms with van der Waals surface area (Å²) < 4.78 is 1.08. The molecule has 0 aliphatic heterocycles. The highest BCUT2D eigenvalue weighted by Crippen LogP contribution is 2.25. The molecule has 0 aliphatic carbocycles. The van der Waals surface area contributed by atoms with Gasteiger partial charge in [0.05, 0.1) is 10.5 Å². The van der Waals surface area contributed by atoms with Crippen LogP contribution >= 0.6 is 39.3 Å². The fourth-order valence-corrected chi connectivity index (χ4v) is 3.23. The Balaban J connectivity index is 1.77. The number of pyridine rings is 1. The fraction of sp³-hybridized carbons (Fsp3) is 0.0625. The van der Waals surface area contributed by atoms with Gasteiger partial charge in [-0.25, -0.2) is 4.98 Å². The highest BCUT2D eigenvalue weighted by molar-refractivity contribution is 9.10. The molecule has 0 saturated heterocycles. The molecular weight excluding hydrogens is 354 g/mol. The Morgan fingerprint density at radius 3 is 2.60 bits per heavy atom. The van der Waals surface area contributed by atoms with Gasteiger partial charge in [-0.05, 0) is 42.0 Å². The Morgan fingerprint density at radius 1 is 1.00 bits per heavy atom. The molecule has 4 heteroatoms. The van der Waals surface area contributed by atoms with Gasteiger partial charge >= 0.3 is 0 Å². The van der Waals surface area contributed by atoms with Gasteiger partial charge in [-0.2, -0.15) is 0 Å². The predicted octanol–water partition coefficient (Wildman–Crippen LogP) is 5.94. The van der Waals surface area contributed by atoms with Gasteiger partial charge in [0.25, 0.3) is 0 Å². The van der Waals surface area contributed by atoms with Gasteiger partial charge in [-0.1, -0.05) is 45.7 Å². The van der Waals surface area contributed by atoms with E-state index in [2.05, 4.69) is 39.1 Å². The van der Waals surface area contributed by atoms with Crippen molar-refractivity contribution >= 4 is 50.2 Å². The van der Waals surface area contributed by atoms with Crippen molar-refractivity contribution in [1.29, 1.82) is 0 Å². The molecular formula is C16H11BrClNS. The largest absolute Gasteiger partial charge is 0.241 e. The van der Waals surface area contributed by atoms with E-state index in [1.807, 2.05) is 36.4 Å². The van der Waals surface area contributed by atoms with Crippen LogP contribution in [0.2, 0.25) is 5.02 Å². The number of hydrogen-bond acceptors (Lipinski definition) is 2. The van der Waals surface area contributed by atoms with Crippen LogP contribution in [0.5, 0.6) is 0 Å². The molecule has 1 nitrogen and oxygen atoms in total. The summed E-state index contributed by atoms with van der Waals surface area (Å²) in [6, 6.07) is 18.2. The maximum atomic E-state index is 5.88. The molecule has 0 saturated carbocycles. The lowest BCUT2D eigenvalue weighted by atomic mass is 10.2. The summed E-state index contributed by atoms with van der Waals surface area (Å²) in [5.74, 6) is 0.895. The smallest absolute Gasteiger partial charge is 0.0970 e. The molecule has 0 unspecified atom stereocenters. The van der Waals surface area contributed by atoms with E-state index in [0.717, 1.165) is 31.2 Å². The topological polar surface area (TPSA) is 12.9 Å². The summed E-state index contributed by atoms with van der Waals surface area (Å²) in [4.78, 5) is 4.67. The van der Waals surface area contributed by atoms with Crippen LogP contribution < -0.4 is 0 Å². The molecule has 0 amide bonds. The summed E-state index contributed by atoms with van der Waals surface area (Å²) in [6.07, 6.45) is 0. The van der Waals surface area contributed by atoms with Crippen molar-refractivity contribution in [2.75, 3.05) is 0 Å². The van der Waals surface area contributed by atoms with E-state index in [-0.39, 0.29) is 0 Å². The second-order valence-corrected chi connectivity index (χ2v) is 6.75. The van der Waals surface area contributed by atoms with Crippen molar-refractivity contribution in [2.45, 2.75) is 10.8 Å². The molecule has 0 radical (unpaired) electrons. The first-order valence-corrected chi connectivity index (χ1v) is 8.30. The third-order valence-corrected chi connectivity index (χ3v) is 4.67. The minimum Gasteiger partial charge on any atom is -0.241 e. The lowest BCUT2D eigenvalue weighted by molar-refractivity contribution is 1.18. The normalized spacial score (nSPS) is 10.9. The van der Waals surface area contributed by atoms with Crippen LogP contribution in [0.15, 0.2) is 64.1 Å². The van der Waals surface area contributed by atoms with E-state index in [9.17, 15) is 0 Å². The average molecular weight is 365 g/mol. The van der Waals surface area contributed by atoms with Crippen molar-refractivity contribution in [3.63, 3.8) is 0 Å². The van der Waals surface area contributed by atoms with Crippen molar-refractivity contribution < 1.29 is 0 Å². The van der Waals surface area contributed by atoms with Gasteiger partial charge in [-0.15, -0.1) is 11.8 Å². The first-order chi connectivity index (χ1) is 9.70. The molecule has 0 aliphatic rings. The van der Waals surface area contributed by atoms with E-state index in [4.69, 9.17) is 11.6 Å². The van der Waals surface area contributed by atoms with Crippen molar-refractivity contribution in [3.05, 3.63) is 69.7 Å². The van der Waals surface area contributed by atoms with Crippen LogP contribution in [0.25, 0.3) is 10.9 Å². The number of halogens is 2. The van der Waals surface area contributed by atoms with Crippen LogP contribution in [0.4, 0.5) is 0 Å². The monoisotopic (exact) mass is 363 g/mol. The Labute approximate surface area is 135 Å². The highest BCUT2D eigenvalue weighted by Gasteiger charge is 2.01. The third kappa shape index (κ3) is 3.35. The summed E-state index contributed by atoms with van der Waals surface area (Å²) >= 11 is 11.1. The van der Waals surface area contributed by atoms with Crippen molar-refractivity contribution in [3.8, 4) is 0 Å². The SMILES string of the molecule is Clc1ccc(CSc2ccc3cc(Br)ccc3n2)cc1. The second kappa shape index (κ2) is 6.17. The Morgan fingerprint density at radius 2 is 1.80 bits per heavy atom. The van der Waals surface area contributed by atoms with Gasteiger partial charge in [0.15, 0.2) is 0 Å². The zero-order chi connectivity index (χ0) is 13.9. The lowest BCUT2D eigenvalue weighted by Gasteiger charge is -2.04. The zero-order valence-electron chi connectivity index (χ0n) is 10.5. The number of fused-ring (bicyclic) bond motifs is 1. The molecule has 0 fully saturated rings. The maximum Gasteiger partial charge on any atom is 0.0970 e. The quantitative estimate of drug-likeness (QED) is 0.533. The maximum absolute atomic E-state index is 5.88. The first kappa shape index (κ1) is 13.9. The van der Waals surface area contributed by atoms with Gasteiger partial charge in [0.1, 0.15) is 0 Å². The molecule has 3 rings (SSSR count). The number of thioether (sulfide) groups is 1. The predicted molar refractivity (Wildman–Crippen MR) is 90.5 cm³/mol. The number of benzene rings is 2. The van der Waals surface area contributed by atoms with E-state index < -0.39 is 0 Å². The van der Waals surface area contributed by atoms with E-state index in [1.165, 1.54) is 5.56 Å². The fourth-order valence-electron chi connectivity index (χ4n) is 1.90. The van der Waals surface area contributed by atoms with Gasteiger partial charge in [-0.3, -0.25) is 0 Å². The van der Waals surface area contributed by atoms with Crippen LogP contribution in [0, 0.1) is 0 Å². The van der Waals surface area contributed by atoms with E-state index in [1.54, 1.807) is 11.8 Å². The minimum absolute atomic E-state index is 0.771. The number of nitrogens with zero attached hydrogens (tertiary/aromatic N) is 1. The third-order valence-electron chi connectivity index (χ3n) is 2.93. The molecule has 1 heterocycles.